The molecule has 1 aliphatic heterocycles. The van der Waals surface area contributed by atoms with Crippen molar-refractivity contribution >= 4 is 44.7 Å². The van der Waals surface area contributed by atoms with Gasteiger partial charge in [-0.2, -0.15) is 0 Å². The molecule has 4 aromatic rings. The van der Waals surface area contributed by atoms with Gasteiger partial charge in [0, 0.05) is 21.7 Å². The second kappa shape index (κ2) is 10.1. The summed E-state index contributed by atoms with van der Waals surface area (Å²) in [6.07, 6.45) is 3.00. The molecule has 0 fully saturated rings. The summed E-state index contributed by atoms with van der Waals surface area (Å²) in [6.45, 7) is 0. The van der Waals surface area contributed by atoms with Gasteiger partial charge in [0.2, 0.25) is 5.75 Å². The lowest BCUT2D eigenvalue weighted by atomic mass is 9.83. The molecule has 1 N–H and O–H groups in total. The highest BCUT2D eigenvalue weighted by Gasteiger charge is 2.33. The zero-order valence-electron chi connectivity index (χ0n) is 21.4. The maximum atomic E-state index is 14.0. The number of phenolic OH excluding ortho intramolecular Hbond substituents is 1. The van der Waals surface area contributed by atoms with Crippen molar-refractivity contribution in [2.45, 2.75) is 18.9 Å². The molecular weight excluding hydrogens is 598 g/mol. The van der Waals surface area contributed by atoms with E-state index in [9.17, 15) is 20.0 Å². The molecule has 11 heteroatoms. The summed E-state index contributed by atoms with van der Waals surface area (Å²) in [5.74, 6) is 0.612. The maximum Gasteiger partial charge on any atom is 0.312 e. The normalized spacial score (nSPS) is 16.1. The summed E-state index contributed by atoms with van der Waals surface area (Å²) in [7, 11) is 3.14. The smallest absolute Gasteiger partial charge is 0.312 e. The second-order valence-corrected chi connectivity index (χ2v) is 11.3. The van der Waals surface area contributed by atoms with Crippen LogP contribution in [0.4, 0.5) is 5.69 Å². The molecule has 0 spiro atoms. The number of nitrogens with zero attached hydrogens (tertiary/aromatic N) is 3. The van der Waals surface area contributed by atoms with E-state index in [-0.39, 0.29) is 11.1 Å². The number of ether oxygens (including phenoxy) is 2. The fourth-order valence-electron chi connectivity index (χ4n) is 5.34. The molecule has 0 radical (unpaired) electrons. The predicted octanol–water partition coefficient (Wildman–Crippen LogP) is 4.71. The number of nitro benzene ring substituents is 1. The zero-order chi connectivity index (χ0) is 28.1. The third kappa shape index (κ3) is 4.22. The first kappa shape index (κ1) is 26.0. The van der Waals surface area contributed by atoms with E-state index in [1.807, 2.05) is 36.4 Å². The molecule has 0 bridgehead atoms. The average Bonchev–Trinajstić information content (AvgIpc) is 3.27. The van der Waals surface area contributed by atoms with Crippen molar-refractivity contribution in [1.82, 2.24) is 4.57 Å². The van der Waals surface area contributed by atoms with Crippen LogP contribution in [0.5, 0.6) is 17.2 Å². The quantitative estimate of drug-likeness (QED) is 0.255. The van der Waals surface area contributed by atoms with Crippen molar-refractivity contribution in [2.75, 3.05) is 14.2 Å². The van der Waals surface area contributed by atoms with E-state index in [0.29, 0.717) is 31.7 Å². The van der Waals surface area contributed by atoms with Gasteiger partial charge >= 0.3 is 5.69 Å². The molecule has 1 aliphatic carbocycles. The van der Waals surface area contributed by atoms with E-state index in [0.717, 1.165) is 28.8 Å². The minimum Gasteiger partial charge on any atom is -0.502 e. The number of thiazole rings is 1. The van der Waals surface area contributed by atoms with Gasteiger partial charge in [-0.3, -0.25) is 19.5 Å². The van der Waals surface area contributed by atoms with Crippen LogP contribution in [0.3, 0.4) is 0 Å². The van der Waals surface area contributed by atoms with Crippen LogP contribution in [-0.4, -0.2) is 28.8 Å². The van der Waals surface area contributed by atoms with Crippen LogP contribution in [0.25, 0.3) is 11.8 Å². The fourth-order valence-corrected chi connectivity index (χ4v) is 6.80. The molecule has 202 valence electrons. The Morgan fingerprint density at radius 2 is 1.90 bits per heavy atom. The zero-order valence-corrected chi connectivity index (χ0v) is 23.8. The molecular formula is C29H22BrN3O6S. The number of methoxy groups -OCH3 is 2. The second-order valence-electron chi connectivity index (χ2n) is 9.35. The summed E-state index contributed by atoms with van der Waals surface area (Å²) in [5.41, 5.74) is 4.32. The Bertz CT molecular complexity index is 1930. The van der Waals surface area contributed by atoms with Crippen molar-refractivity contribution in [3.8, 4) is 17.2 Å². The molecule has 0 unspecified atom stereocenters. The van der Waals surface area contributed by atoms with Gasteiger partial charge in [-0.05, 0) is 53.8 Å². The van der Waals surface area contributed by atoms with Crippen LogP contribution in [0.1, 0.15) is 34.7 Å². The Hall–Kier alpha value is -4.22. The van der Waals surface area contributed by atoms with Crippen LogP contribution in [0.15, 0.2) is 74.4 Å². The number of aromatic nitrogens is 1. The summed E-state index contributed by atoms with van der Waals surface area (Å²) in [5, 5.41) is 22.1. The molecule has 1 aromatic heterocycles. The number of benzene rings is 3. The highest BCUT2D eigenvalue weighted by molar-refractivity contribution is 9.10. The minimum atomic E-state index is -0.665. The maximum absolute atomic E-state index is 14.0. The third-order valence-electron chi connectivity index (χ3n) is 7.16. The van der Waals surface area contributed by atoms with Crippen LogP contribution in [0, 0.1) is 10.1 Å². The number of phenols is 1. The van der Waals surface area contributed by atoms with E-state index in [4.69, 9.17) is 14.5 Å². The van der Waals surface area contributed by atoms with E-state index < -0.39 is 22.4 Å². The van der Waals surface area contributed by atoms with E-state index in [1.54, 1.807) is 18.8 Å². The Balaban J connectivity index is 1.63. The third-order valence-corrected chi connectivity index (χ3v) is 8.60. The van der Waals surface area contributed by atoms with Crippen molar-refractivity contribution in [2.24, 2.45) is 4.99 Å². The first-order chi connectivity index (χ1) is 19.3. The molecule has 0 saturated carbocycles. The number of hydrogen-bond donors (Lipinski definition) is 1. The van der Waals surface area contributed by atoms with E-state index in [1.165, 1.54) is 35.1 Å². The van der Waals surface area contributed by atoms with Gasteiger partial charge in [-0.1, -0.05) is 57.6 Å². The molecule has 40 heavy (non-hydrogen) atoms. The lowest BCUT2D eigenvalue weighted by Gasteiger charge is -2.31. The van der Waals surface area contributed by atoms with Crippen molar-refractivity contribution in [3.05, 3.63) is 117 Å². The summed E-state index contributed by atoms with van der Waals surface area (Å²) in [6, 6.07) is 16.1. The van der Waals surface area contributed by atoms with Crippen LogP contribution in [-0.2, 0) is 6.42 Å². The van der Waals surface area contributed by atoms with E-state index in [2.05, 4.69) is 22.0 Å². The highest BCUT2D eigenvalue weighted by atomic mass is 79.9. The number of rotatable bonds is 5. The Morgan fingerprint density at radius 3 is 2.65 bits per heavy atom. The number of aromatic hydroxyl groups is 1. The largest absolute Gasteiger partial charge is 0.502 e. The lowest BCUT2D eigenvalue weighted by molar-refractivity contribution is -0.385. The monoisotopic (exact) mass is 619 g/mol. The van der Waals surface area contributed by atoms with Crippen LogP contribution < -0.4 is 24.4 Å². The number of hydrogen-bond acceptors (Lipinski definition) is 8. The number of allylic oxidation sites excluding steroid dienone is 1. The molecule has 2 aliphatic rings. The van der Waals surface area contributed by atoms with Gasteiger partial charge in [-0.25, -0.2) is 4.99 Å². The minimum absolute atomic E-state index is 0.156. The molecule has 9 nitrogen and oxygen atoms in total. The summed E-state index contributed by atoms with van der Waals surface area (Å²) in [4.78, 5) is 30.3. The number of halogens is 1. The van der Waals surface area contributed by atoms with Gasteiger partial charge in [0.1, 0.15) is 0 Å². The standard InChI is InChI=1S/C29H22BrN3O6S/c1-38-22-10-8-16(12-23(22)39-2)26-20-9-7-15-5-3-4-6-19(15)25(20)31-29-32(26)28(35)24(40-29)13-17-11-18(30)14-21(27(17)34)33(36)37/h3-6,8,10-14,26,34H,7,9H2,1-2H3/b24-13-/t26-/m0/s1. The Kier molecular flexibility index (Phi) is 6.55. The molecule has 1 atom stereocenters. The molecule has 0 amide bonds. The van der Waals surface area contributed by atoms with Gasteiger partial charge in [0.25, 0.3) is 5.56 Å². The number of fused-ring (bicyclic) bond motifs is 3. The first-order valence-corrected chi connectivity index (χ1v) is 13.9. The lowest BCUT2D eigenvalue weighted by Crippen LogP contribution is -2.38. The summed E-state index contributed by atoms with van der Waals surface area (Å²) < 4.78 is 13.4. The Morgan fingerprint density at radius 1 is 1.12 bits per heavy atom. The predicted molar refractivity (Wildman–Crippen MR) is 155 cm³/mol. The number of aryl methyl sites for hydroxylation is 1. The van der Waals surface area contributed by atoms with E-state index >= 15 is 0 Å². The first-order valence-electron chi connectivity index (χ1n) is 12.3. The fraction of sp³-hybridized carbons (Fsp3) is 0.172. The van der Waals surface area contributed by atoms with Crippen molar-refractivity contribution in [1.29, 1.82) is 0 Å². The van der Waals surface area contributed by atoms with Crippen LogP contribution in [0.2, 0.25) is 0 Å². The van der Waals surface area contributed by atoms with Crippen LogP contribution >= 0.6 is 27.3 Å². The van der Waals surface area contributed by atoms with Gasteiger partial charge in [-0.15, -0.1) is 0 Å². The van der Waals surface area contributed by atoms with Crippen molar-refractivity contribution < 1.29 is 19.5 Å². The van der Waals surface area contributed by atoms with Gasteiger partial charge in [0.15, 0.2) is 16.3 Å². The average molecular weight is 620 g/mol. The van der Waals surface area contributed by atoms with Crippen molar-refractivity contribution in [3.63, 3.8) is 0 Å². The molecule has 6 rings (SSSR count). The molecule has 3 aromatic carbocycles. The highest BCUT2D eigenvalue weighted by Crippen LogP contribution is 2.43. The summed E-state index contributed by atoms with van der Waals surface area (Å²) >= 11 is 4.44. The van der Waals surface area contributed by atoms with Gasteiger partial charge < -0.3 is 14.6 Å². The molecule has 2 heterocycles. The Labute approximate surface area is 240 Å². The van der Waals surface area contributed by atoms with Gasteiger partial charge in [0.05, 0.1) is 35.4 Å². The SMILES string of the molecule is COc1ccc([C@H]2C3=C(N=c4s/c(=C\c5cc(Br)cc([N+](=O)[O-])c5O)c(=O)n42)c2ccccc2CC3)cc1OC. The molecule has 0 saturated heterocycles. The number of nitro groups is 1. The topological polar surface area (TPSA) is 116 Å².